The Kier molecular flexibility index (Phi) is 21.7. The van der Waals surface area contributed by atoms with Crippen molar-refractivity contribution in [1.29, 1.82) is 0 Å². The Bertz CT molecular complexity index is 2760. The molecule has 32 heteroatoms. The number of amides is 2. The maximum absolute atomic E-state index is 12.7. The third kappa shape index (κ3) is 19.1. The molecule has 2 amide bonds. The van der Waals surface area contributed by atoms with E-state index in [1.165, 1.54) is 46.9 Å². The molecule has 2 heterocycles. The fourth-order valence-electron chi connectivity index (χ4n) is 4.63. The van der Waals surface area contributed by atoms with Gasteiger partial charge in [-0.25, -0.2) is 32.5 Å². The molecular weight excluding hydrogens is 1020 g/mol. The number of urea groups is 1. The Labute approximate surface area is 395 Å². The number of nitrogens with two attached hydrogens (primary N) is 1. The van der Waals surface area contributed by atoms with Crippen LogP contribution in [0.15, 0.2) is 70.7 Å². The maximum Gasteiger partial charge on any atom is 0.416 e. The standard InChI is InChI=1S/C18H13ClF3NO7.C14H17N5O7S2.C5H12NO4P/c1-2-28-16(24)9-29-17(25)12-8-11(4-5-14(12)23(26)27)30-15-6-3-10(7-13(15)19)18(20,21)22;1-4-27(21,22)9-6-5-7-15-12(9)28(23,24)19-14(20)18-13-16-10(25-2)8-11(17-13)26-3;1-11(9,10)3-2-4(6)5(7)8/h3-8H,2,9H2,1H3;5-8H,4H2,1-3H3,(H2,16,17,18,19,20);4H,2-3,6H2,1H3,(H,7,8)(H,9,10). The van der Waals surface area contributed by atoms with Crippen molar-refractivity contribution >= 4 is 74.4 Å². The number of halogens is 4. The van der Waals surface area contributed by atoms with Gasteiger partial charge in [-0.2, -0.15) is 31.6 Å². The van der Waals surface area contributed by atoms with E-state index >= 15 is 0 Å². The second-order valence-corrected chi connectivity index (χ2v) is 19.9. The zero-order chi connectivity index (χ0) is 52.5. The molecule has 69 heavy (non-hydrogen) atoms. The number of benzene rings is 2. The molecule has 0 saturated carbocycles. The molecule has 0 spiro atoms. The van der Waals surface area contributed by atoms with Crippen molar-refractivity contribution in [1.82, 2.24) is 19.7 Å². The lowest BCUT2D eigenvalue weighted by molar-refractivity contribution is -0.385. The molecule has 6 N–H and O–H groups in total. The van der Waals surface area contributed by atoms with Crippen LogP contribution in [0, 0.1) is 10.1 Å². The van der Waals surface area contributed by atoms with Gasteiger partial charge in [0.1, 0.15) is 28.0 Å². The van der Waals surface area contributed by atoms with Crippen LogP contribution in [0.1, 0.15) is 36.2 Å². The first-order valence-corrected chi connectivity index (χ1v) is 24.7. The molecule has 0 fully saturated rings. The van der Waals surface area contributed by atoms with Crippen LogP contribution in [0.2, 0.25) is 5.02 Å². The number of sulfonamides is 1. The number of sulfone groups is 1. The summed E-state index contributed by atoms with van der Waals surface area (Å²) >= 11 is 5.81. The first kappa shape index (κ1) is 58.4. The van der Waals surface area contributed by atoms with Crippen molar-refractivity contribution in [2.24, 2.45) is 5.73 Å². The van der Waals surface area contributed by atoms with Crippen LogP contribution in [0.25, 0.3) is 0 Å². The van der Waals surface area contributed by atoms with Crippen molar-refractivity contribution in [2.45, 2.75) is 42.4 Å². The Balaban J connectivity index is 0.000000391. The fourth-order valence-corrected chi connectivity index (χ4v) is 8.16. The van der Waals surface area contributed by atoms with Gasteiger partial charge in [-0.05, 0) is 49.7 Å². The third-order valence-electron chi connectivity index (χ3n) is 7.93. The molecule has 4 rings (SSSR count). The summed E-state index contributed by atoms with van der Waals surface area (Å²) in [6.07, 6.45) is -3.51. The van der Waals surface area contributed by atoms with Gasteiger partial charge in [0, 0.05) is 31.2 Å². The number of nitrogens with one attached hydrogen (secondary N) is 2. The summed E-state index contributed by atoms with van der Waals surface area (Å²) < 4.78 is 124. The molecule has 2 aromatic carbocycles. The largest absolute Gasteiger partial charge is 0.481 e. The summed E-state index contributed by atoms with van der Waals surface area (Å²) in [6.45, 7) is 3.36. The average Bonchev–Trinajstić information content (AvgIpc) is 3.27. The minimum atomic E-state index is -4.61. The zero-order valence-electron chi connectivity index (χ0n) is 36.5. The molecule has 2 atom stereocenters. The molecule has 0 aliphatic rings. The molecule has 4 aromatic rings. The van der Waals surface area contributed by atoms with Gasteiger partial charge in [-0.1, -0.05) is 18.5 Å². The van der Waals surface area contributed by atoms with Gasteiger partial charge < -0.3 is 39.4 Å². The van der Waals surface area contributed by atoms with Gasteiger partial charge in [-0.3, -0.25) is 24.8 Å². The second kappa shape index (κ2) is 25.6. The van der Waals surface area contributed by atoms with Crippen LogP contribution in [0.4, 0.5) is 29.6 Å². The van der Waals surface area contributed by atoms with Crippen LogP contribution in [0.5, 0.6) is 23.3 Å². The van der Waals surface area contributed by atoms with E-state index in [2.05, 4.69) is 25.0 Å². The molecule has 2 unspecified atom stereocenters. The minimum Gasteiger partial charge on any atom is -0.481 e. The number of ether oxygens (including phenoxy) is 5. The number of aliphatic carboxylic acids is 1. The number of nitro groups is 1. The molecule has 0 saturated heterocycles. The number of alkyl halides is 3. The molecule has 0 aliphatic heterocycles. The molecular formula is C37H42ClF3N7O18PS2. The number of carbonyl (C=O) groups excluding carboxylic acids is 3. The van der Waals surface area contributed by atoms with Gasteiger partial charge in [-0.15, -0.1) is 0 Å². The third-order valence-corrected chi connectivity index (χ3v) is 12.5. The summed E-state index contributed by atoms with van der Waals surface area (Å²) in [7, 11) is -8.95. The van der Waals surface area contributed by atoms with Crippen LogP contribution in [-0.4, -0.2) is 123 Å². The van der Waals surface area contributed by atoms with Gasteiger partial charge in [0.25, 0.3) is 15.7 Å². The number of nitrogens with zero attached hydrogens (tertiary/aromatic N) is 4. The van der Waals surface area contributed by atoms with E-state index in [-0.39, 0.29) is 59.2 Å². The Morgan fingerprint density at radius 2 is 1.61 bits per heavy atom. The molecule has 2 aromatic heterocycles. The normalized spacial score (nSPS) is 12.4. The number of nitro benzene ring substituents is 1. The molecule has 0 bridgehead atoms. The van der Waals surface area contributed by atoms with Crippen molar-refractivity contribution in [3.8, 4) is 23.3 Å². The second-order valence-electron chi connectivity index (χ2n) is 13.1. The van der Waals surface area contributed by atoms with Crippen molar-refractivity contribution < 1.29 is 92.4 Å². The van der Waals surface area contributed by atoms with E-state index in [1.54, 1.807) is 4.72 Å². The van der Waals surface area contributed by atoms with Crippen LogP contribution >= 0.6 is 19.0 Å². The predicted octanol–water partition coefficient (Wildman–Crippen LogP) is 4.66. The Hall–Kier alpha value is -6.72. The number of pyridine rings is 1. The average molecular weight is 1060 g/mol. The molecule has 0 radical (unpaired) electrons. The lowest BCUT2D eigenvalue weighted by atomic mass is 10.1. The SMILES string of the molecule is CCOC(=O)COC(=O)c1cc(Oc2ccc(C(F)(F)F)cc2Cl)ccc1[N+](=O)[O-].CCS(=O)(=O)c1cccnc1S(=O)(=O)NC(=O)Nc1nc(OC)cc(OC)n1.CP(=O)(O)CCC(N)C(=O)O. The number of esters is 2. The van der Waals surface area contributed by atoms with E-state index in [0.29, 0.717) is 6.07 Å². The number of anilines is 1. The number of carboxylic acids is 1. The number of hydrogen-bond acceptors (Lipinski definition) is 20. The number of carboxylic acid groups (broad SMARTS) is 1. The molecule has 25 nitrogen and oxygen atoms in total. The predicted molar refractivity (Wildman–Crippen MR) is 234 cm³/mol. The lowest BCUT2D eigenvalue weighted by Crippen LogP contribution is -2.36. The number of carbonyl (C=O) groups is 4. The van der Waals surface area contributed by atoms with E-state index in [4.69, 9.17) is 46.3 Å². The van der Waals surface area contributed by atoms with Gasteiger partial charge in [0.15, 0.2) is 28.8 Å². The van der Waals surface area contributed by atoms with Crippen LogP contribution in [-0.2, 0) is 49.7 Å². The van der Waals surface area contributed by atoms with Crippen molar-refractivity contribution in [3.63, 3.8) is 0 Å². The highest BCUT2D eigenvalue weighted by atomic mass is 35.5. The summed E-state index contributed by atoms with van der Waals surface area (Å²) in [5, 5.41) is 20.4. The fraction of sp³-hybridized carbons (Fsp3) is 0.324. The number of methoxy groups -OCH3 is 2. The molecule has 0 aliphatic carbocycles. The zero-order valence-corrected chi connectivity index (χ0v) is 39.7. The monoisotopic (exact) mass is 1060 g/mol. The Morgan fingerprint density at radius 3 is 2.12 bits per heavy atom. The van der Waals surface area contributed by atoms with Crippen molar-refractivity contribution in [3.05, 3.63) is 87.1 Å². The lowest BCUT2D eigenvalue weighted by Gasteiger charge is -2.12. The Morgan fingerprint density at radius 1 is 0.986 bits per heavy atom. The maximum atomic E-state index is 12.7. The summed E-state index contributed by atoms with van der Waals surface area (Å²) in [4.78, 5) is 75.5. The summed E-state index contributed by atoms with van der Waals surface area (Å²) in [5.74, 6) is -4.02. The summed E-state index contributed by atoms with van der Waals surface area (Å²) in [5.41, 5.74) is 2.93. The number of rotatable bonds is 18. The highest BCUT2D eigenvalue weighted by Gasteiger charge is 2.32. The van der Waals surface area contributed by atoms with Crippen LogP contribution in [0.3, 0.4) is 0 Å². The first-order valence-electron chi connectivity index (χ1n) is 18.9. The van der Waals surface area contributed by atoms with E-state index in [1.807, 2.05) is 0 Å². The van der Waals surface area contributed by atoms with Gasteiger partial charge >= 0.3 is 30.1 Å². The van der Waals surface area contributed by atoms with E-state index in [9.17, 15) is 63.9 Å². The van der Waals surface area contributed by atoms with Crippen LogP contribution < -0.4 is 30.0 Å². The van der Waals surface area contributed by atoms with Crippen molar-refractivity contribution in [2.75, 3.05) is 51.3 Å². The summed E-state index contributed by atoms with van der Waals surface area (Å²) in [6, 6.07) is 6.80. The number of hydrogen-bond donors (Lipinski definition) is 5. The van der Waals surface area contributed by atoms with E-state index in [0.717, 1.165) is 42.6 Å². The quantitative estimate of drug-likeness (QED) is 0.0391. The minimum absolute atomic E-state index is 0.0412. The smallest absolute Gasteiger partial charge is 0.416 e. The first-order chi connectivity index (χ1) is 32.0. The van der Waals surface area contributed by atoms with Gasteiger partial charge in [0.2, 0.25) is 17.7 Å². The molecule has 378 valence electrons. The topological polar surface area (TPSA) is 372 Å². The van der Waals surface area contributed by atoms with Gasteiger partial charge in [0.05, 0.1) is 48.2 Å². The highest BCUT2D eigenvalue weighted by Crippen LogP contribution is 2.38. The highest BCUT2D eigenvalue weighted by molar-refractivity contribution is 7.93. The number of aromatic nitrogens is 3. The van der Waals surface area contributed by atoms with E-state index < -0.39 is 102 Å².